The van der Waals surface area contributed by atoms with Gasteiger partial charge in [-0.05, 0) is 19.1 Å². The Hall–Kier alpha value is -0.390. The van der Waals surface area contributed by atoms with Gasteiger partial charge in [-0.25, -0.2) is 0 Å². The Bertz CT molecular complexity index is 275. The molecule has 0 amide bonds. The Balaban J connectivity index is 2.59. The summed E-state index contributed by atoms with van der Waals surface area (Å²) in [6.45, 7) is 2.09. The zero-order valence-corrected chi connectivity index (χ0v) is 8.14. The molecule has 0 aliphatic rings. The van der Waals surface area contributed by atoms with Crippen LogP contribution in [0.5, 0.6) is 0 Å². The minimum atomic E-state index is 0.845. The number of thiophene rings is 1. The van der Waals surface area contributed by atoms with Gasteiger partial charge in [0.2, 0.25) is 0 Å². The Morgan fingerprint density at radius 3 is 2.91 bits per heavy atom. The van der Waals surface area contributed by atoms with E-state index >= 15 is 0 Å². The summed E-state index contributed by atoms with van der Waals surface area (Å²) in [4.78, 5) is 2.48. The van der Waals surface area contributed by atoms with Crippen LogP contribution < -0.4 is 0 Å². The largest absolute Gasteiger partial charge is 0.178 e. The van der Waals surface area contributed by atoms with Gasteiger partial charge in [-0.1, -0.05) is 11.8 Å². The maximum Gasteiger partial charge on any atom is 0.0771 e. The van der Waals surface area contributed by atoms with Gasteiger partial charge in [0.15, 0.2) is 0 Å². The minimum Gasteiger partial charge on any atom is -0.178 e. The molecular formula is C9H10S2. The summed E-state index contributed by atoms with van der Waals surface area (Å²) in [5.41, 5.74) is 0. The van der Waals surface area contributed by atoms with Gasteiger partial charge in [0.05, 0.1) is 4.88 Å². The Morgan fingerprint density at radius 2 is 2.36 bits per heavy atom. The Kier molecular flexibility index (Phi) is 3.55. The molecule has 0 nitrogen and oxygen atoms in total. The monoisotopic (exact) mass is 182 g/mol. The summed E-state index contributed by atoms with van der Waals surface area (Å²) >= 11 is 5.81. The number of rotatable bonds is 1. The van der Waals surface area contributed by atoms with Gasteiger partial charge in [-0.2, -0.15) is 12.6 Å². The van der Waals surface area contributed by atoms with Crippen LogP contribution in [0.4, 0.5) is 0 Å². The summed E-state index contributed by atoms with van der Waals surface area (Å²) in [5.74, 6) is 6.98. The molecule has 1 aromatic heterocycles. The van der Waals surface area contributed by atoms with E-state index in [9.17, 15) is 0 Å². The molecule has 0 aromatic carbocycles. The van der Waals surface area contributed by atoms with Crippen LogP contribution in [0.3, 0.4) is 0 Å². The summed E-state index contributed by atoms with van der Waals surface area (Å²) < 4.78 is 0. The molecule has 0 aliphatic carbocycles. The fourth-order valence-electron chi connectivity index (χ4n) is 0.707. The van der Waals surface area contributed by atoms with Crippen molar-refractivity contribution in [2.75, 3.05) is 5.75 Å². The minimum absolute atomic E-state index is 0.845. The van der Waals surface area contributed by atoms with Gasteiger partial charge in [-0.15, -0.1) is 11.3 Å². The van der Waals surface area contributed by atoms with Crippen LogP contribution in [0.2, 0.25) is 0 Å². The highest BCUT2D eigenvalue weighted by Crippen LogP contribution is 2.13. The van der Waals surface area contributed by atoms with Crippen LogP contribution in [0.25, 0.3) is 0 Å². The van der Waals surface area contributed by atoms with E-state index in [0.29, 0.717) is 0 Å². The number of aryl methyl sites for hydroxylation is 1. The lowest BCUT2D eigenvalue weighted by molar-refractivity contribution is 1.31. The quantitative estimate of drug-likeness (QED) is 0.501. The van der Waals surface area contributed by atoms with Gasteiger partial charge in [0, 0.05) is 17.1 Å². The average molecular weight is 182 g/mol. The van der Waals surface area contributed by atoms with E-state index in [2.05, 4.69) is 43.5 Å². The van der Waals surface area contributed by atoms with E-state index in [-0.39, 0.29) is 0 Å². The summed E-state index contributed by atoms with van der Waals surface area (Å²) in [7, 11) is 0. The lowest BCUT2D eigenvalue weighted by Gasteiger charge is -1.78. The molecule has 0 atom stereocenters. The van der Waals surface area contributed by atoms with Crippen molar-refractivity contribution >= 4 is 24.0 Å². The van der Waals surface area contributed by atoms with Crippen molar-refractivity contribution < 1.29 is 0 Å². The molecule has 0 aliphatic heterocycles. The van der Waals surface area contributed by atoms with Crippen molar-refractivity contribution in [1.29, 1.82) is 0 Å². The van der Waals surface area contributed by atoms with Crippen LogP contribution in [0.1, 0.15) is 16.2 Å². The Morgan fingerprint density at radius 1 is 1.55 bits per heavy atom. The van der Waals surface area contributed by atoms with E-state index in [0.717, 1.165) is 17.1 Å². The standard InChI is InChI=1S/C9H10S2/c1-8-5-6-9(11-8)4-2-3-7-10/h5-6,10H,3,7H2,1H3. The molecular weight excluding hydrogens is 172 g/mol. The van der Waals surface area contributed by atoms with Gasteiger partial charge in [0.25, 0.3) is 0 Å². The van der Waals surface area contributed by atoms with Gasteiger partial charge in [-0.3, -0.25) is 0 Å². The molecule has 58 valence electrons. The van der Waals surface area contributed by atoms with Crippen LogP contribution in [0.15, 0.2) is 12.1 Å². The molecule has 0 unspecified atom stereocenters. The third kappa shape index (κ3) is 3.00. The maximum atomic E-state index is 4.07. The molecule has 11 heavy (non-hydrogen) atoms. The number of hydrogen-bond acceptors (Lipinski definition) is 2. The average Bonchev–Trinajstić information content (AvgIpc) is 2.37. The smallest absolute Gasteiger partial charge is 0.0771 e. The van der Waals surface area contributed by atoms with Crippen molar-refractivity contribution in [3.05, 3.63) is 21.9 Å². The van der Waals surface area contributed by atoms with Crippen LogP contribution in [0, 0.1) is 18.8 Å². The van der Waals surface area contributed by atoms with Gasteiger partial charge >= 0.3 is 0 Å². The van der Waals surface area contributed by atoms with E-state index < -0.39 is 0 Å². The lowest BCUT2D eigenvalue weighted by atomic mass is 10.4. The van der Waals surface area contributed by atoms with Crippen molar-refractivity contribution in [2.24, 2.45) is 0 Å². The molecule has 0 bridgehead atoms. The molecule has 0 radical (unpaired) electrons. The van der Waals surface area contributed by atoms with Crippen molar-refractivity contribution in [1.82, 2.24) is 0 Å². The predicted octanol–water partition coefficient (Wildman–Crippen LogP) is 2.73. The normalized spacial score (nSPS) is 8.91. The third-order valence-corrected chi connectivity index (χ3v) is 2.33. The third-order valence-electron chi connectivity index (χ3n) is 1.19. The molecule has 0 spiro atoms. The first-order valence-corrected chi connectivity index (χ1v) is 4.94. The summed E-state index contributed by atoms with van der Waals surface area (Å²) in [6, 6.07) is 4.15. The number of hydrogen-bond donors (Lipinski definition) is 1. The second-order valence-corrected chi connectivity index (χ2v) is 3.92. The molecule has 0 N–H and O–H groups in total. The second kappa shape index (κ2) is 4.48. The fourth-order valence-corrected chi connectivity index (χ4v) is 1.56. The first-order valence-electron chi connectivity index (χ1n) is 3.49. The molecule has 0 saturated heterocycles. The van der Waals surface area contributed by atoms with Crippen LogP contribution in [-0.4, -0.2) is 5.75 Å². The van der Waals surface area contributed by atoms with Crippen LogP contribution in [-0.2, 0) is 0 Å². The first kappa shape index (κ1) is 8.70. The molecule has 0 saturated carbocycles. The summed E-state index contributed by atoms with van der Waals surface area (Å²) in [5, 5.41) is 0. The number of thiol groups is 1. The van der Waals surface area contributed by atoms with E-state index in [1.807, 2.05) is 0 Å². The first-order chi connectivity index (χ1) is 5.33. The van der Waals surface area contributed by atoms with Crippen LogP contribution >= 0.6 is 24.0 Å². The molecule has 1 aromatic rings. The van der Waals surface area contributed by atoms with E-state index in [1.54, 1.807) is 11.3 Å². The molecule has 1 rings (SSSR count). The predicted molar refractivity (Wildman–Crippen MR) is 54.4 cm³/mol. The van der Waals surface area contributed by atoms with E-state index in [4.69, 9.17) is 0 Å². The molecule has 0 fully saturated rings. The van der Waals surface area contributed by atoms with Gasteiger partial charge < -0.3 is 0 Å². The lowest BCUT2D eigenvalue weighted by Crippen LogP contribution is -1.66. The Labute approximate surface area is 77.1 Å². The zero-order chi connectivity index (χ0) is 8.10. The highest BCUT2D eigenvalue weighted by atomic mass is 32.1. The summed E-state index contributed by atoms with van der Waals surface area (Å²) in [6.07, 6.45) is 0.875. The fraction of sp³-hybridized carbons (Fsp3) is 0.333. The topological polar surface area (TPSA) is 0 Å². The second-order valence-electron chi connectivity index (χ2n) is 2.19. The highest BCUT2D eigenvalue weighted by Gasteiger charge is 1.89. The van der Waals surface area contributed by atoms with Gasteiger partial charge in [0.1, 0.15) is 0 Å². The molecule has 1 heterocycles. The van der Waals surface area contributed by atoms with Crippen molar-refractivity contribution in [3.63, 3.8) is 0 Å². The highest BCUT2D eigenvalue weighted by molar-refractivity contribution is 7.80. The maximum absolute atomic E-state index is 4.07. The SMILES string of the molecule is Cc1ccc(C#CCCS)s1. The van der Waals surface area contributed by atoms with E-state index in [1.165, 1.54) is 4.88 Å². The zero-order valence-electron chi connectivity index (χ0n) is 6.42. The van der Waals surface area contributed by atoms with Crippen molar-refractivity contribution in [2.45, 2.75) is 13.3 Å². The molecule has 2 heteroatoms. The van der Waals surface area contributed by atoms with Crippen molar-refractivity contribution in [3.8, 4) is 11.8 Å².